The highest BCUT2D eigenvalue weighted by atomic mass is 31.2. The zero-order valence-corrected chi connectivity index (χ0v) is 10.7. The first kappa shape index (κ1) is 15.4. The highest BCUT2D eigenvalue weighted by Gasteiger charge is 2.41. The van der Waals surface area contributed by atoms with Crippen LogP contribution in [0.3, 0.4) is 0 Å². The van der Waals surface area contributed by atoms with E-state index in [9.17, 15) is 19.1 Å². The average molecular weight is 250 g/mol. The Kier molecular flexibility index (Phi) is 5.94. The molecule has 0 fully saturated rings. The van der Waals surface area contributed by atoms with Crippen LogP contribution in [0.5, 0.6) is 0 Å². The van der Waals surface area contributed by atoms with Gasteiger partial charge in [-0.1, -0.05) is 19.9 Å². The van der Waals surface area contributed by atoms with E-state index in [1.54, 1.807) is 20.8 Å². The zero-order valence-electron chi connectivity index (χ0n) is 9.84. The van der Waals surface area contributed by atoms with E-state index < -0.39 is 18.7 Å². The quantitative estimate of drug-likeness (QED) is 0.427. The fourth-order valence-corrected chi connectivity index (χ4v) is 2.50. The summed E-state index contributed by atoms with van der Waals surface area (Å²) in [5.41, 5.74) is 0. The fraction of sp³-hybridized carbons (Fsp3) is 0.700. The number of ether oxygens (including phenoxy) is 1. The third kappa shape index (κ3) is 3.74. The molecule has 0 rings (SSSR count). The Morgan fingerprint density at radius 3 is 2.12 bits per heavy atom. The van der Waals surface area contributed by atoms with Crippen molar-refractivity contribution in [2.24, 2.45) is 0 Å². The Labute approximate surface area is 95.7 Å². The molecule has 6 heteroatoms. The number of esters is 1. The average Bonchev–Trinajstić information content (AvgIpc) is 2.18. The summed E-state index contributed by atoms with van der Waals surface area (Å²) in [6.07, 6.45) is 2.90. The van der Waals surface area contributed by atoms with E-state index in [2.05, 4.69) is 4.74 Å². The van der Waals surface area contributed by atoms with Gasteiger partial charge in [-0.2, -0.15) is 0 Å². The molecule has 0 atom stereocenters. The summed E-state index contributed by atoms with van der Waals surface area (Å²) in [6.45, 7) is 5.27. The predicted molar refractivity (Wildman–Crippen MR) is 61.1 cm³/mol. The van der Waals surface area contributed by atoms with Crippen LogP contribution in [-0.4, -0.2) is 27.5 Å². The minimum atomic E-state index is -4.28. The zero-order chi connectivity index (χ0) is 12.8. The van der Waals surface area contributed by atoms with E-state index in [0.29, 0.717) is 0 Å². The van der Waals surface area contributed by atoms with Crippen molar-refractivity contribution in [3.8, 4) is 0 Å². The third-order valence-electron chi connectivity index (χ3n) is 2.62. The van der Waals surface area contributed by atoms with Gasteiger partial charge in [0.05, 0.1) is 11.8 Å². The molecule has 0 aromatic heterocycles. The van der Waals surface area contributed by atoms with Gasteiger partial charge in [-0.15, -0.1) is 0 Å². The van der Waals surface area contributed by atoms with Crippen LogP contribution in [0.4, 0.5) is 0 Å². The van der Waals surface area contributed by atoms with Crippen LogP contribution in [0.25, 0.3) is 0 Å². The lowest BCUT2D eigenvalue weighted by Gasteiger charge is -2.28. The van der Waals surface area contributed by atoms with Crippen LogP contribution in [0.2, 0.25) is 0 Å². The third-order valence-corrected chi connectivity index (χ3v) is 4.56. The number of carbonyl (C=O) groups is 1. The first-order chi connectivity index (χ1) is 7.33. The van der Waals surface area contributed by atoms with Crippen molar-refractivity contribution in [2.75, 3.05) is 6.61 Å². The van der Waals surface area contributed by atoms with Crippen LogP contribution >= 0.6 is 7.60 Å². The summed E-state index contributed by atoms with van der Waals surface area (Å²) in [5.74, 6) is -0.581. The molecule has 0 aliphatic carbocycles. The molecular weight excluding hydrogens is 231 g/mol. The highest BCUT2D eigenvalue weighted by Crippen LogP contribution is 2.55. The monoisotopic (exact) mass is 250 g/mol. The van der Waals surface area contributed by atoms with Gasteiger partial charge in [0.25, 0.3) is 0 Å². The van der Waals surface area contributed by atoms with Crippen molar-refractivity contribution in [3.63, 3.8) is 0 Å². The molecule has 0 heterocycles. The molecule has 0 spiro atoms. The molecule has 0 saturated heterocycles. The lowest BCUT2D eigenvalue weighted by atomic mass is 10.0. The summed E-state index contributed by atoms with van der Waals surface area (Å²) < 4.78 is 16.0. The maximum Gasteiger partial charge on any atom is 0.335 e. The maximum atomic E-state index is 11.4. The second kappa shape index (κ2) is 6.18. The van der Waals surface area contributed by atoms with Gasteiger partial charge in [0, 0.05) is 6.08 Å². The normalized spacial score (nSPS) is 13.1. The minimum Gasteiger partial charge on any atom is -0.463 e. The Morgan fingerprint density at radius 2 is 1.81 bits per heavy atom. The van der Waals surface area contributed by atoms with Crippen molar-refractivity contribution >= 4 is 13.6 Å². The summed E-state index contributed by atoms with van der Waals surface area (Å²) in [7, 11) is -4.28. The summed E-state index contributed by atoms with van der Waals surface area (Å²) in [4.78, 5) is 29.6. The van der Waals surface area contributed by atoms with Crippen LogP contribution < -0.4 is 0 Å². The molecule has 0 aromatic rings. The SMILES string of the molecule is CCOC(=O)/C=C/C(CC)(CC)P(=O)(O)O. The number of allylic oxidation sites excluding steroid dienone is 1. The van der Waals surface area contributed by atoms with E-state index in [-0.39, 0.29) is 19.4 Å². The Hall–Kier alpha value is -0.640. The summed E-state index contributed by atoms with van der Waals surface area (Å²) in [5, 5.41) is -1.26. The van der Waals surface area contributed by atoms with E-state index in [0.717, 1.165) is 6.08 Å². The van der Waals surface area contributed by atoms with Gasteiger partial charge in [0.2, 0.25) is 0 Å². The molecular formula is C10H19O5P. The van der Waals surface area contributed by atoms with Crippen molar-refractivity contribution in [2.45, 2.75) is 38.8 Å². The molecule has 0 aromatic carbocycles. The molecule has 0 radical (unpaired) electrons. The Balaban J connectivity index is 4.96. The second-order valence-corrected chi connectivity index (χ2v) is 5.42. The van der Waals surface area contributed by atoms with Crippen LogP contribution in [0, 0.1) is 0 Å². The Morgan fingerprint density at radius 1 is 1.31 bits per heavy atom. The van der Waals surface area contributed by atoms with Crippen molar-refractivity contribution < 1.29 is 23.9 Å². The van der Waals surface area contributed by atoms with Gasteiger partial charge in [0.1, 0.15) is 0 Å². The van der Waals surface area contributed by atoms with E-state index in [1.807, 2.05) is 0 Å². The maximum absolute atomic E-state index is 11.4. The largest absolute Gasteiger partial charge is 0.463 e. The van der Waals surface area contributed by atoms with Crippen LogP contribution in [0.15, 0.2) is 12.2 Å². The molecule has 0 unspecified atom stereocenters. The molecule has 0 saturated carbocycles. The molecule has 5 nitrogen and oxygen atoms in total. The summed E-state index contributed by atoms with van der Waals surface area (Å²) in [6, 6.07) is 0. The molecule has 0 aliphatic rings. The van der Waals surface area contributed by atoms with Gasteiger partial charge in [-0.3, -0.25) is 4.57 Å². The lowest BCUT2D eigenvalue weighted by molar-refractivity contribution is -0.137. The number of hydrogen-bond donors (Lipinski definition) is 2. The van der Waals surface area contributed by atoms with Gasteiger partial charge < -0.3 is 14.5 Å². The van der Waals surface area contributed by atoms with E-state index in [1.165, 1.54) is 6.08 Å². The van der Waals surface area contributed by atoms with Gasteiger partial charge in [-0.05, 0) is 19.8 Å². The van der Waals surface area contributed by atoms with E-state index in [4.69, 9.17) is 0 Å². The summed E-state index contributed by atoms with van der Waals surface area (Å²) >= 11 is 0. The van der Waals surface area contributed by atoms with Gasteiger partial charge in [0.15, 0.2) is 0 Å². The number of rotatable bonds is 6. The van der Waals surface area contributed by atoms with Crippen molar-refractivity contribution in [1.29, 1.82) is 0 Å². The number of carbonyl (C=O) groups excluding carboxylic acids is 1. The molecule has 0 bridgehead atoms. The fourth-order valence-electron chi connectivity index (χ4n) is 1.41. The topological polar surface area (TPSA) is 83.8 Å². The van der Waals surface area contributed by atoms with Crippen molar-refractivity contribution in [3.05, 3.63) is 12.2 Å². The van der Waals surface area contributed by atoms with Crippen molar-refractivity contribution in [1.82, 2.24) is 0 Å². The van der Waals surface area contributed by atoms with E-state index >= 15 is 0 Å². The van der Waals surface area contributed by atoms with Gasteiger partial charge in [-0.25, -0.2) is 4.79 Å². The highest BCUT2D eigenvalue weighted by molar-refractivity contribution is 7.53. The molecule has 94 valence electrons. The van der Waals surface area contributed by atoms with Crippen LogP contribution in [-0.2, 0) is 14.1 Å². The first-order valence-electron chi connectivity index (χ1n) is 5.24. The molecule has 2 N–H and O–H groups in total. The molecule has 0 aliphatic heterocycles. The smallest absolute Gasteiger partial charge is 0.335 e. The Bertz CT molecular complexity index is 300. The minimum absolute atomic E-state index is 0.240. The lowest BCUT2D eigenvalue weighted by Crippen LogP contribution is -2.24. The predicted octanol–water partition coefficient (Wildman–Crippen LogP) is 1.84. The van der Waals surface area contributed by atoms with Gasteiger partial charge >= 0.3 is 13.6 Å². The van der Waals surface area contributed by atoms with Crippen LogP contribution in [0.1, 0.15) is 33.6 Å². The number of hydrogen-bond acceptors (Lipinski definition) is 3. The first-order valence-corrected chi connectivity index (χ1v) is 6.85. The molecule has 16 heavy (non-hydrogen) atoms. The second-order valence-electron chi connectivity index (χ2n) is 3.44. The standard InChI is InChI=1S/C10H19O5P/c1-4-10(5-2,16(12,13)14)8-7-9(11)15-6-3/h7-8H,4-6H2,1-3H3,(H2,12,13,14)/b8-7+. The molecule has 0 amide bonds.